The summed E-state index contributed by atoms with van der Waals surface area (Å²) in [5.41, 5.74) is -2.19. The monoisotopic (exact) mass is 397 g/mol. The van der Waals surface area contributed by atoms with Gasteiger partial charge in [-0.15, -0.1) is 0 Å². The zero-order valence-electron chi connectivity index (χ0n) is 14.8. The molecule has 0 aliphatic carbocycles. The van der Waals surface area contributed by atoms with E-state index in [2.05, 4.69) is 0 Å². The smallest absolute Gasteiger partial charge is 0.416 e. The second kappa shape index (κ2) is 7.52. The fourth-order valence-electron chi connectivity index (χ4n) is 3.76. The topological polar surface area (TPSA) is 60.8 Å². The molecule has 1 aliphatic rings. The third-order valence-electron chi connectivity index (χ3n) is 4.94. The van der Waals surface area contributed by atoms with E-state index in [1.807, 2.05) is 0 Å². The van der Waals surface area contributed by atoms with Crippen LogP contribution in [0.4, 0.5) is 17.6 Å². The number of hydrogen-bond donors (Lipinski definition) is 2. The molecule has 150 valence electrons. The maximum Gasteiger partial charge on any atom is 0.416 e. The van der Waals surface area contributed by atoms with Crippen LogP contribution in [0.2, 0.25) is 0 Å². The van der Waals surface area contributed by atoms with Crippen molar-refractivity contribution in [2.75, 3.05) is 13.1 Å². The second-order valence-electron chi connectivity index (χ2n) is 7.08. The normalized spacial score (nSPS) is 21.6. The van der Waals surface area contributed by atoms with E-state index in [0.29, 0.717) is 5.56 Å². The highest BCUT2D eigenvalue weighted by Crippen LogP contribution is 2.39. The lowest BCUT2D eigenvalue weighted by atomic mass is 9.93. The number of halogens is 4. The second-order valence-corrected chi connectivity index (χ2v) is 7.08. The first-order valence-corrected chi connectivity index (χ1v) is 8.69. The van der Waals surface area contributed by atoms with Gasteiger partial charge in [-0.3, -0.25) is 9.69 Å². The molecule has 0 aromatic heterocycles. The largest absolute Gasteiger partial charge is 0.480 e. The van der Waals surface area contributed by atoms with Crippen molar-refractivity contribution in [3.63, 3.8) is 0 Å². The number of nitrogens with zero attached hydrogens (tertiary/aromatic N) is 1. The molecule has 1 saturated heterocycles. The highest BCUT2D eigenvalue weighted by molar-refractivity contribution is 5.76. The SMILES string of the molecule is O=C(O)C(c1ccccc1C(F)(F)F)N1CCC(O)(Cc2cccc(F)c2)C1. The number of β-amino-alcohol motifs (C(OH)–C–C–N with tert-alkyl or cyclic N) is 1. The summed E-state index contributed by atoms with van der Waals surface area (Å²) in [6.45, 7) is -0.0261. The predicted octanol–water partition coefficient (Wildman–Crippen LogP) is 3.65. The lowest BCUT2D eigenvalue weighted by Gasteiger charge is -2.29. The van der Waals surface area contributed by atoms with Crippen LogP contribution >= 0.6 is 0 Å². The van der Waals surface area contributed by atoms with Gasteiger partial charge in [0.2, 0.25) is 0 Å². The van der Waals surface area contributed by atoms with Gasteiger partial charge in [-0.1, -0.05) is 30.3 Å². The van der Waals surface area contributed by atoms with E-state index in [4.69, 9.17) is 0 Å². The molecule has 2 aromatic rings. The number of likely N-dealkylation sites (tertiary alicyclic amines) is 1. The molecule has 0 radical (unpaired) electrons. The molecule has 28 heavy (non-hydrogen) atoms. The van der Waals surface area contributed by atoms with Gasteiger partial charge in [-0.25, -0.2) is 4.39 Å². The van der Waals surface area contributed by atoms with Crippen LogP contribution in [-0.4, -0.2) is 39.8 Å². The van der Waals surface area contributed by atoms with Crippen LogP contribution in [0, 0.1) is 5.82 Å². The van der Waals surface area contributed by atoms with Gasteiger partial charge in [0.1, 0.15) is 11.9 Å². The van der Waals surface area contributed by atoms with E-state index in [1.54, 1.807) is 6.07 Å². The van der Waals surface area contributed by atoms with Crippen molar-refractivity contribution in [2.24, 2.45) is 0 Å². The molecule has 0 spiro atoms. The molecule has 1 aliphatic heterocycles. The first-order chi connectivity index (χ1) is 13.1. The summed E-state index contributed by atoms with van der Waals surface area (Å²) in [6.07, 6.45) is -4.45. The molecule has 2 atom stereocenters. The van der Waals surface area contributed by atoms with Crippen LogP contribution in [0.3, 0.4) is 0 Å². The van der Waals surface area contributed by atoms with Crippen molar-refractivity contribution in [1.29, 1.82) is 0 Å². The first kappa shape index (κ1) is 20.3. The summed E-state index contributed by atoms with van der Waals surface area (Å²) >= 11 is 0. The van der Waals surface area contributed by atoms with Crippen LogP contribution < -0.4 is 0 Å². The van der Waals surface area contributed by atoms with Crippen molar-refractivity contribution >= 4 is 5.97 Å². The molecule has 4 nitrogen and oxygen atoms in total. The number of benzene rings is 2. The van der Waals surface area contributed by atoms with E-state index in [0.717, 1.165) is 12.1 Å². The number of carboxylic acids is 1. The average Bonchev–Trinajstić information content (AvgIpc) is 2.95. The fourth-order valence-corrected chi connectivity index (χ4v) is 3.76. The minimum atomic E-state index is -4.69. The van der Waals surface area contributed by atoms with Crippen LogP contribution in [0.15, 0.2) is 48.5 Å². The van der Waals surface area contributed by atoms with Gasteiger partial charge < -0.3 is 10.2 Å². The Kier molecular flexibility index (Phi) is 5.45. The molecule has 1 fully saturated rings. The average molecular weight is 397 g/mol. The molecule has 0 amide bonds. The molecular weight excluding hydrogens is 378 g/mol. The van der Waals surface area contributed by atoms with Crippen molar-refractivity contribution in [1.82, 2.24) is 4.90 Å². The van der Waals surface area contributed by atoms with Gasteiger partial charge in [0.25, 0.3) is 0 Å². The molecule has 3 rings (SSSR count). The van der Waals surface area contributed by atoms with Crippen LogP contribution in [0.5, 0.6) is 0 Å². The molecule has 0 saturated carbocycles. The number of carbonyl (C=O) groups is 1. The Morgan fingerprint density at radius 2 is 1.89 bits per heavy atom. The van der Waals surface area contributed by atoms with Crippen molar-refractivity contribution in [3.05, 3.63) is 71.0 Å². The Balaban J connectivity index is 1.87. The summed E-state index contributed by atoms with van der Waals surface area (Å²) in [5.74, 6) is -1.88. The zero-order chi connectivity index (χ0) is 20.5. The fraction of sp³-hybridized carbons (Fsp3) is 0.350. The van der Waals surface area contributed by atoms with Gasteiger partial charge in [-0.2, -0.15) is 13.2 Å². The predicted molar refractivity (Wildman–Crippen MR) is 93.1 cm³/mol. The molecular formula is C20H19F4NO3. The summed E-state index contributed by atoms with van der Waals surface area (Å²) in [7, 11) is 0. The maximum absolute atomic E-state index is 13.4. The van der Waals surface area contributed by atoms with Gasteiger partial charge in [0.15, 0.2) is 0 Å². The van der Waals surface area contributed by atoms with Crippen molar-refractivity contribution < 1.29 is 32.6 Å². The standard InChI is InChI=1S/C20H19F4NO3/c21-14-5-3-4-13(10-14)11-19(28)8-9-25(12-19)17(18(26)27)15-6-1-2-7-16(15)20(22,23)24/h1-7,10,17,28H,8-9,11-12H2,(H,26,27). The lowest BCUT2D eigenvalue weighted by Crippen LogP contribution is -2.39. The van der Waals surface area contributed by atoms with Gasteiger partial charge in [0.05, 0.1) is 11.2 Å². The highest BCUT2D eigenvalue weighted by Gasteiger charge is 2.44. The molecule has 2 unspecified atom stereocenters. The van der Waals surface area contributed by atoms with E-state index in [-0.39, 0.29) is 31.5 Å². The number of rotatable bonds is 5. The Morgan fingerprint density at radius 1 is 1.18 bits per heavy atom. The van der Waals surface area contributed by atoms with Crippen molar-refractivity contribution in [2.45, 2.75) is 30.7 Å². The van der Waals surface area contributed by atoms with Crippen LogP contribution in [-0.2, 0) is 17.4 Å². The van der Waals surface area contributed by atoms with E-state index >= 15 is 0 Å². The Morgan fingerprint density at radius 3 is 2.54 bits per heavy atom. The van der Waals surface area contributed by atoms with E-state index in [9.17, 15) is 32.6 Å². The molecule has 0 bridgehead atoms. The third-order valence-corrected chi connectivity index (χ3v) is 4.94. The van der Waals surface area contributed by atoms with Crippen LogP contribution in [0.25, 0.3) is 0 Å². The summed E-state index contributed by atoms with van der Waals surface area (Å²) in [5, 5.41) is 20.5. The first-order valence-electron chi connectivity index (χ1n) is 8.69. The van der Waals surface area contributed by atoms with Gasteiger partial charge in [-0.05, 0) is 35.7 Å². The summed E-state index contributed by atoms with van der Waals surface area (Å²) in [4.78, 5) is 13.2. The minimum absolute atomic E-state index is 0.0779. The minimum Gasteiger partial charge on any atom is -0.480 e. The van der Waals surface area contributed by atoms with Gasteiger partial charge >= 0.3 is 12.1 Å². The van der Waals surface area contributed by atoms with Gasteiger partial charge in [0, 0.05) is 19.5 Å². The third kappa shape index (κ3) is 4.34. The quantitative estimate of drug-likeness (QED) is 0.757. The zero-order valence-corrected chi connectivity index (χ0v) is 14.8. The Labute approximate surface area is 159 Å². The molecule has 1 heterocycles. The van der Waals surface area contributed by atoms with Crippen molar-refractivity contribution in [3.8, 4) is 0 Å². The lowest BCUT2D eigenvalue weighted by molar-refractivity contribution is -0.145. The Bertz CT molecular complexity index is 871. The molecule has 8 heteroatoms. The van der Waals surface area contributed by atoms with Crippen LogP contribution in [0.1, 0.15) is 29.2 Å². The number of hydrogen-bond acceptors (Lipinski definition) is 3. The molecule has 2 N–H and O–H groups in total. The molecule has 2 aromatic carbocycles. The summed E-state index contributed by atoms with van der Waals surface area (Å²) in [6, 6.07) is 8.69. The highest BCUT2D eigenvalue weighted by atomic mass is 19.4. The maximum atomic E-state index is 13.4. The number of aliphatic carboxylic acids is 1. The number of aliphatic hydroxyl groups is 1. The van der Waals surface area contributed by atoms with E-state index in [1.165, 1.54) is 35.2 Å². The summed E-state index contributed by atoms with van der Waals surface area (Å²) < 4.78 is 53.4. The van der Waals surface area contributed by atoms with E-state index < -0.39 is 35.2 Å². The number of carboxylic acid groups (broad SMARTS) is 1. The number of alkyl halides is 3. The Hall–Kier alpha value is -2.45.